The molecule has 70 valence electrons. The van der Waals surface area contributed by atoms with Crippen LogP contribution in [0.5, 0.6) is 0 Å². The molecule has 0 aliphatic rings. The molecule has 12 heavy (non-hydrogen) atoms. The number of azide groups is 1. The van der Waals surface area contributed by atoms with Gasteiger partial charge in [-0.3, -0.25) is 0 Å². The van der Waals surface area contributed by atoms with Crippen molar-refractivity contribution in [1.29, 1.82) is 0 Å². The maximum Gasteiger partial charge on any atom is 0.0589 e. The molecule has 0 fully saturated rings. The van der Waals surface area contributed by atoms with Crippen LogP contribution in [0.1, 0.15) is 6.92 Å². The molecule has 0 heterocycles. The summed E-state index contributed by atoms with van der Waals surface area (Å²) < 4.78 is 4.94. The zero-order valence-electron chi connectivity index (χ0n) is 7.73. The molecule has 0 spiro atoms. The van der Waals surface area contributed by atoms with E-state index in [0.29, 0.717) is 6.54 Å². The number of nitrogens with zero attached hydrogens (tertiary/aromatic N) is 4. The first-order valence-electron chi connectivity index (χ1n) is 4.07. The fraction of sp³-hybridized carbons (Fsp3) is 1.00. The lowest BCUT2D eigenvalue weighted by Crippen LogP contribution is -2.29. The van der Waals surface area contributed by atoms with E-state index >= 15 is 0 Å². The van der Waals surface area contributed by atoms with Gasteiger partial charge in [-0.15, -0.1) is 0 Å². The highest BCUT2D eigenvalue weighted by molar-refractivity contribution is 4.57. The maximum absolute atomic E-state index is 8.04. The van der Waals surface area contributed by atoms with Crippen LogP contribution in [0.25, 0.3) is 10.4 Å². The fourth-order valence-electron chi connectivity index (χ4n) is 0.879. The lowest BCUT2D eigenvalue weighted by atomic mass is 10.4. The average molecular weight is 172 g/mol. The number of hydrogen-bond acceptors (Lipinski definition) is 3. The molecule has 0 atom stereocenters. The summed E-state index contributed by atoms with van der Waals surface area (Å²) in [5, 5.41) is 3.47. The molecule has 0 bridgehead atoms. The standard InChI is InChI=1S/C7H16N4O/c1-3-11(6-7-12-2)5-4-9-10-8/h3-7H2,1-2H3. The maximum atomic E-state index is 8.04. The minimum Gasteiger partial charge on any atom is -0.383 e. The molecule has 0 saturated carbocycles. The molecule has 0 unspecified atom stereocenters. The van der Waals surface area contributed by atoms with Gasteiger partial charge in [0.25, 0.3) is 0 Å². The van der Waals surface area contributed by atoms with E-state index in [2.05, 4.69) is 21.8 Å². The van der Waals surface area contributed by atoms with Crippen LogP contribution in [0.15, 0.2) is 5.11 Å². The van der Waals surface area contributed by atoms with Gasteiger partial charge in [-0.25, -0.2) is 0 Å². The highest BCUT2D eigenvalue weighted by Gasteiger charge is 1.99. The summed E-state index contributed by atoms with van der Waals surface area (Å²) in [7, 11) is 1.68. The molecule has 0 rings (SSSR count). The van der Waals surface area contributed by atoms with Crippen LogP contribution in [0.3, 0.4) is 0 Å². The third kappa shape index (κ3) is 5.97. The number of ether oxygens (including phenoxy) is 1. The second-order valence-electron chi connectivity index (χ2n) is 2.38. The molecule has 5 heteroatoms. The van der Waals surface area contributed by atoms with Crippen LogP contribution < -0.4 is 0 Å². The van der Waals surface area contributed by atoms with Gasteiger partial charge in [-0.05, 0) is 12.1 Å². The molecule has 0 aromatic carbocycles. The summed E-state index contributed by atoms with van der Waals surface area (Å²) in [5.41, 5.74) is 8.04. The molecule has 0 aliphatic heterocycles. The first kappa shape index (κ1) is 11.2. The monoisotopic (exact) mass is 172 g/mol. The van der Waals surface area contributed by atoms with Gasteiger partial charge in [0.1, 0.15) is 0 Å². The first-order chi connectivity index (χ1) is 5.85. The SMILES string of the molecule is CCN(CCN=[N+]=[N-])CCOC. The molecule has 0 radical (unpaired) electrons. The fourth-order valence-corrected chi connectivity index (χ4v) is 0.879. The van der Waals surface area contributed by atoms with Crippen LogP contribution in [-0.4, -0.2) is 44.8 Å². The summed E-state index contributed by atoms with van der Waals surface area (Å²) in [6.07, 6.45) is 0. The average Bonchev–Trinajstić information content (AvgIpc) is 2.11. The van der Waals surface area contributed by atoms with Crippen LogP contribution in [0, 0.1) is 0 Å². The Bertz CT molecular complexity index is 144. The minimum absolute atomic E-state index is 0.536. The van der Waals surface area contributed by atoms with Crippen molar-refractivity contribution in [3.8, 4) is 0 Å². The zero-order chi connectivity index (χ0) is 9.23. The molecular weight excluding hydrogens is 156 g/mol. The number of likely N-dealkylation sites (N-methyl/N-ethyl adjacent to an activating group) is 1. The summed E-state index contributed by atoms with van der Waals surface area (Å²) in [6.45, 7) is 6.01. The molecule has 0 saturated heterocycles. The summed E-state index contributed by atoms with van der Waals surface area (Å²) in [4.78, 5) is 4.87. The van der Waals surface area contributed by atoms with Crippen LogP contribution in [0.4, 0.5) is 0 Å². The zero-order valence-corrected chi connectivity index (χ0v) is 7.73. The third-order valence-corrected chi connectivity index (χ3v) is 1.64. The van der Waals surface area contributed by atoms with Gasteiger partial charge in [0.15, 0.2) is 0 Å². The normalized spacial score (nSPS) is 9.92. The highest BCUT2D eigenvalue weighted by atomic mass is 16.5. The van der Waals surface area contributed by atoms with Crippen molar-refractivity contribution < 1.29 is 4.74 Å². The van der Waals surface area contributed by atoms with E-state index in [9.17, 15) is 0 Å². The second kappa shape index (κ2) is 8.33. The molecule has 0 N–H and O–H groups in total. The van der Waals surface area contributed by atoms with Gasteiger partial charge >= 0.3 is 0 Å². The predicted molar refractivity (Wildman–Crippen MR) is 48.0 cm³/mol. The van der Waals surface area contributed by atoms with E-state index in [4.69, 9.17) is 10.3 Å². The van der Waals surface area contributed by atoms with Gasteiger partial charge in [0.2, 0.25) is 0 Å². The van der Waals surface area contributed by atoms with Crippen molar-refractivity contribution in [3.63, 3.8) is 0 Å². The van der Waals surface area contributed by atoms with Crippen molar-refractivity contribution in [2.75, 3.05) is 39.9 Å². The molecular formula is C7H16N4O. The summed E-state index contributed by atoms with van der Waals surface area (Å²) in [5.74, 6) is 0. The van der Waals surface area contributed by atoms with Crippen molar-refractivity contribution >= 4 is 0 Å². The topological polar surface area (TPSA) is 61.2 Å². The Balaban J connectivity index is 3.45. The van der Waals surface area contributed by atoms with Crippen molar-refractivity contribution in [3.05, 3.63) is 10.4 Å². The van der Waals surface area contributed by atoms with Gasteiger partial charge in [-0.1, -0.05) is 12.0 Å². The van der Waals surface area contributed by atoms with Gasteiger partial charge in [0, 0.05) is 31.7 Å². The van der Waals surface area contributed by atoms with Gasteiger partial charge < -0.3 is 9.64 Å². The summed E-state index contributed by atoms with van der Waals surface area (Å²) >= 11 is 0. The van der Waals surface area contributed by atoms with Crippen molar-refractivity contribution in [2.24, 2.45) is 5.11 Å². The van der Waals surface area contributed by atoms with E-state index in [-0.39, 0.29) is 0 Å². The number of methoxy groups -OCH3 is 1. The highest BCUT2D eigenvalue weighted by Crippen LogP contribution is 1.87. The Kier molecular flexibility index (Phi) is 7.79. The Labute approximate surface area is 72.9 Å². The van der Waals surface area contributed by atoms with E-state index in [1.165, 1.54) is 0 Å². The number of rotatable bonds is 7. The molecule has 0 amide bonds. The van der Waals surface area contributed by atoms with Gasteiger partial charge in [0.05, 0.1) is 6.61 Å². The Hall–Kier alpha value is -0.770. The van der Waals surface area contributed by atoms with Crippen molar-refractivity contribution in [2.45, 2.75) is 6.92 Å². The molecule has 0 aromatic heterocycles. The predicted octanol–water partition coefficient (Wildman–Crippen LogP) is 1.27. The quantitative estimate of drug-likeness (QED) is 0.330. The second-order valence-corrected chi connectivity index (χ2v) is 2.38. The lowest BCUT2D eigenvalue weighted by molar-refractivity contribution is 0.152. The Morgan fingerprint density at radius 3 is 2.75 bits per heavy atom. The minimum atomic E-state index is 0.536. The first-order valence-corrected chi connectivity index (χ1v) is 4.07. The largest absolute Gasteiger partial charge is 0.383 e. The molecule has 0 aromatic rings. The van der Waals surface area contributed by atoms with Crippen LogP contribution in [0.2, 0.25) is 0 Å². The van der Waals surface area contributed by atoms with E-state index < -0.39 is 0 Å². The Morgan fingerprint density at radius 1 is 1.50 bits per heavy atom. The Morgan fingerprint density at radius 2 is 2.25 bits per heavy atom. The lowest BCUT2D eigenvalue weighted by Gasteiger charge is -2.18. The van der Waals surface area contributed by atoms with Crippen LogP contribution >= 0.6 is 0 Å². The van der Waals surface area contributed by atoms with Crippen molar-refractivity contribution in [1.82, 2.24) is 4.90 Å². The number of hydrogen-bond donors (Lipinski definition) is 0. The molecule has 5 nitrogen and oxygen atoms in total. The van der Waals surface area contributed by atoms with E-state index in [0.717, 1.165) is 26.2 Å². The third-order valence-electron chi connectivity index (χ3n) is 1.64. The van der Waals surface area contributed by atoms with E-state index in [1.807, 2.05) is 0 Å². The summed E-state index contributed by atoms with van der Waals surface area (Å²) in [6, 6.07) is 0. The smallest absolute Gasteiger partial charge is 0.0589 e. The van der Waals surface area contributed by atoms with Crippen LogP contribution in [-0.2, 0) is 4.74 Å². The van der Waals surface area contributed by atoms with E-state index in [1.54, 1.807) is 7.11 Å². The van der Waals surface area contributed by atoms with Gasteiger partial charge in [-0.2, -0.15) is 0 Å². The molecule has 0 aliphatic carbocycles.